The van der Waals surface area contributed by atoms with Crippen LogP contribution in [-0.4, -0.2) is 15.6 Å². The van der Waals surface area contributed by atoms with E-state index in [-0.39, 0.29) is 5.54 Å². The molecule has 0 atom stereocenters. The normalized spacial score (nSPS) is 10.9. The number of anilines is 3. The smallest absolute Gasteiger partial charge is 0.171 e. The van der Waals surface area contributed by atoms with Gasteiger partial charge in [-0.1, -0.05) is 12.1 Å². The summed E-state index contributed by atoms with van der Waals surface area (Å²) in [7, 11) is 0. The van der Waals surface area contributed by atoms with Crippen LogP contribution in [0.1, 0.15) is 26.3 Å². The molecule has 0 aliphatic heterocycles. The Labute approximate surface area is 137 Å². The fourth-order valence-corrected chi connectivity index (χ4v) is 2.34. The van der Waals surface area contributed by atoms with E-state index in [0.717, 1.165) is 17.2 Å². The van der Waals surface area contributed by atoms with Gasteiger partial charge in [-0.15, -0.1) is 0 Å². The first kappa shape index (κ1) is 16.2. The highest BCUT2D eigenvalue weighted by atomic mass is 32.1. The highest BCUT2D eigenvalue weighted by molar-refractivity contribution is 7.80. The molecule has 1 aromatic carbocycles. The number of pyridine rings is 1. The third-order valence-corrected chi connectivity index (χ3v) is 3.00. The zero-order valence-electron chi connectivity index (χ0n) is 13.4. The van der Waals surface area contributed by atoms with Gasteiger partial charge in [-0.2, -0.15) is 0 Å². The minimum absolute atomic E-state index is 0.0653. The summed E-state index contributed by atoms with van der Waals surface area (Å²) in [5.74, 6) is 0.797. The number of rotatable bonds is 3. The van der Waals surface area contributed by atoms with Crippen LogP contribution in [0.4, 0.5) is 17.2 Å². The maximum absolute atomic E-state index is 5.27. The number of hydrogen-bond donors (Lipinski definition) is 3. The lowest BCUT2D eigenvalue weighted by Crippen LogP contribution is -2.42. The monoisotopic (exact) mass is 314 g/mol. The SMILES string of the molecule is Cc1cccc(Nc2ccc(NC(=S)NC(C)(C)C)cn2)c1. The predicted octanol–water partition coefficient (Wildman–Crippen LogP) is 4.22. The molecule has 0 bridgehead atoms. The Bertz CT molecular complexity index is 644. The van der Waals surface area contributed by atoms with E-state index < -0.39 is 0 Å². The number of thiocarbonyl (C=S) groups is 1. The number of hydrogen-bond acceptors (Lipinski definition) is 3. The molecule has 22 heavy (non-hydrogen) atoms. The second-order valence-electron chi connectivity index (χ2n) is 6.26. The summed E-state index contributed by atoms with van der Waals surface area (Å²) >= 11 is 5.27. The van der Waals surface area contributed by atoms with Gasteiger partial charge in [-0.25, -0.2) is 4.98 Å². The van der Waals surface area contributed by atoms with Gasteiger partial charge in [-0.3, -0.25) is 0 Å². The van der Waals surface area contributed by atoms with E-state index in [4.69, 9.17) is 12.2 Å². The van der Waals surface area contributed by atoms with Crippen molar-refractivity contribution < 1.29 is 0 Å². The summed E-state index contributed by atoms with van der Waals surface area (Å²) in [5, 5.41) is 10.2. The van der Waals surface area contributed by atoms with E-state index in [1.54, 1.807) is 6.20 Å². The van der Waals surface area contributed by atoms with Gasteiger partial charge in [0.05, 0.1) is 11.9 Å². The molecule has 4 nitrogen and oxygen atoms in total. The molecule has 2 aromatic rings. The molecule has 0 spiro atoms. The molecule has 1 heterocycles. The van der Waals surface area contributed by atoms with E-state index in [9.17, 15) is 0 Å². The van der Waals surface area contributed by atoms with E-state index in [1.165, 1.54) is 5.56 Å². The summed E-state index contributed by atoms with van der Waals surface area (Å²) in [6.07, 6.45) is 1.76. The van der Waals surface area contributed by atoms with E-state index >= 15 is 0 Å². The van der Waals surface area contributed by atoms with Gasteiger partial charge in [-0.05, 0) is 69.7 Å². The molecule has 0 fully saturated rings. The summed E-state index contributed by atoms with van der Waals surface area (Å²) in [6, 6.07) is 12.0. The molecular formula is C17H22N4S. The van der Waals surface area contributed by atoms with Gasteiger partial charge < -0.3 is 16.0 Å². The first-order chi connectivity index (χ1) is 10.3. The molecule has 0 aliphatic rings. The van der Waals surface area contributed by atoms with Crippen molar-refractivity contribution in [3.05, 3.63) is 48.2 Å². The quantitative estimate of drug-likeness (QED) is 0.741. The Hall–Kier alpha value is -2.14. The van der Waals surface area contributed by atoms with E-state index in [2.05, 4.69) is 60.8 Å². The van der Waals surface area contributed by atoms with Crippen LogP contribution in [0, 0.1) is 6.92 Å². The van der Waals surface area contributed by atoms with Crippen molar-refractivity contribution in [3.8, 4) is 0 Å². The average Bonchev–Trinajstić information content (AvgIpc) is 2.39. The van der Waals surface area contributed by atoms with E-state index in [1.807, 2.05) is 24.3 Å². The molecule has 116 valence electrons. The molecule has 0 aliphatic carbocycles. The number of aromatic nitrogens is 1. The molecule has 0 saturated heterocycles. The van der Waals surface area contributed by atoms with Gasteiger partial charge in [0, 0.05) is 11.2 Å². The Morgan fingerprint density at radius 3 is 2.45 bits per heavy atom. The van der Waals surface area contributed by atoms with Crippen molar-refractivity contribution in [1.82, 2.24) is 10.3 Å². The van der Waals surface area contributed by atoms with Crippen molar-refractivity contribution in [2.24, 2.45) is 0 Å². The second-order valence-corrected chi connectivity index (χ2v) is 6.66. The molecule has 0 saturated carbocycles. The number of nitrogens with zero attached hydrogens (tertiary/aromatic N) is 1. The van der Waals surface area contributed by atoms with Crippen LogP contribution in [0.15, 0.2) is 42.6 Å². The number of nitrogens with one attached hydrogen (secondary N) is 3. The first-order valence-electron chi connectivity index (χ1n) is 7.21. The third-order valence-electron chi connectivity index (χ3n) is 2.80. The highest BCUT2D eigenvalue weighted by Gasteiger charge is 2.10. The molecule has 3 N–H and O–H groups in total. The van der Waals surface area contributed by atoms with Crippen molar-refractivity contribution in [1.29, 1.82) is 0 Å². The zero-order chi connectivity index (χ0) is 16.2. The lowest BCUT2D eigenvalue weighted by atomic mass is 10.1. The van der Waals surface area contributed by atoms with Gasteiger partial charge >= 0.3 is 0 Å². The van der Waals surface area contributed by atoms with Crippen LogP contribution < -0.4 is 16.0 Å². The van der Waals surface area contributed by atoms with Crippen LogP contribution in [0.3, 0.4) is 0 Å². The highest BCUT2D eigenvalue weighted by Crippen LogP contribution is 2.17. The first-order valence-corrected chi connectivity index (χ1v) is 7.61. The van der Waals surface area contributed by atoms with Crippen molar-refractivity contribution in [2.75, 3.05) is 10.6 Å². The maximum atomic E-state index is 5.27. The summed E-state index contributed by atoms with van der Waals surface area (Å²) < 4.78 is 0. The molecule has 5 heteroatoms. The van der Waals surface area contributed by atoms with Gasteiger partial charge in [0.15, 0.2) is 5.11 Å². The third kappa shape index (κ3) is 5.33. The van der Waals surface area contributed by atoms with Gasteiger partial charge in [0.2, 0.25) is 0 Å². The lowest BCUT2D eigenvalue weighted by molar-refractivity contribution is 0.515. The topological polar surface area (TPSA) is 49.0 Å². The molecular weight excluding hydrogens is 292 g/mol. The van der Waals surface area contributed by atoms with E-state index in [0.29, 0.717) is 5.11 Å². The fraction of sp³-hybridized carbons (Fsp3) is 0.294. The van der Waals surface area contributed by atoms with Crippen molar-refractivity contribution in [2.45, 2.75) is 33.2 Å². The van der Waals surface area contributed by atoms with Crippen LogP contribution in [0.2, 0.25) is 0 Å². The standard InChI is InChI=1S/C17H22N4S/c1-12-6-5-7-13(10-12)19-15-9-8-14(11-18-15)20-16(22)21-17(2,3)4/h5-11H,1-4H3,(H,18,19)(H2,20,21,22). The van der Waals surface area contributed by atoms with Crippen molar-refractivity contribution in [3.63, 3.8) is 0 Å². The van der Waals surface area contributed by atoms with Crippen LogP contribution in [0.5, 0.6) is 0 Å². The van der Waals surface area contributed by atoms with Gasteiger partial charge in [0.1, 0.15) is 5.82 Å². The molecule has 0 amide bonds. The minimum atomic E-state index is -0.0653. The Balaban J connectivity index is 1.97. The summed E-state index contributed by atoms with van der Waals surface area (Å²) in [5.41, 5.74) is 3.03. The molecule has 0 radical (unpaired) electrons. The number of aryl methyl sites for hydroxylation is 1. The van der Waals surface area contributed by atoms with Crippen molar-refractivity contribution >= 4 is 34.5 Å². The zero-order valence-corrected chi connectivity index (χ0v) is 14.2. The Morgan fingerprint density at radius 1 is 1.09 bits per heavy atom. The summed E-state index contributed by atoms with van der Waals surface area (Å²) in [4.78, 5) is 4.39. The van der Waals surface area contributed by atoms with Crippen LogP contribution >= 0.6 is 12.2 Å². The summed E-state index contributed by atoms with van der Waals surface area (Å²) in [6.45, 7) is 8.26. The minimum Gasteiger partial charge on any atom is -0.358 e. The predicted molar refractivity (Wildman–Crippen MR) is 97.8 cm³/mol. The molecule has 1 aromatic heterocycles. The Morgan fingerprint density at radius 2 is 1.86 bits per heavy atom. The lowest BCUT2D eigenvalue weighted by Gasteiger charge is -2.23. The largest absolute Gasteiger partial charge is 0.358 e. The molecule has 2 rings (SSSR count). The Kier molecular flexibility index (Phi) is 4.98. The number of benzene rings is 1. The average molecular weight is 314 g/mol. The maximum Gasteiger partial charge on any atom is 0.171 e. The van der Waals surface area contributed by atoms with Crippen LogP contribution in [0.25, 0.3) is 0 Å². The second kappa shape index (κ2) is 6.75. The van der Waals surface area contributed by atoms with Gasteiger partial charge in [0.25, 0.3) is 0 Å². The fourth-order valence-electron chi connectivity index (χ4n) is 1.92. The molecule has 0 unspecified atom stereocenters. The van der Waals surface area contributed by atoms with Crippen LogP contribution in [-0.2, 0) is 0 Å².